The van der Waals surface area contributed by atoms with Crippen molar-refractivity contribution in [2.24, 2.45) is 0 Å². The van der Waals surface area contributed by atoms with Gasteiger partial charge in [-0.1, -0.05) is 0 Å². The Balaban J connectivity index is 0.00000176. The largest absolute Gasteiger partial charge is 0.573 e. The van der Waals surface area contributed by atoms with Crippen LogP contribution in [0.15, 0.2) is 22.6 Å². The third-order valence-electron chi connectivity index (χ3n) is 3.62. The molecule has 22 heavy (non-hydrogen) atoms. The summed E-state index contributed by atoms with van der Waals surface area (Å²) in [5, 5.41) is 3.34. The molecule has 122 valence electrons. The zero-order valence-corrected chi connectivity index (χ0v) is 12.6. The number of benzene rings is 1. The number of piperidine rings is 1. The van der Waals surface area contributed by atoms with Crippen LogP contribution in [-0.4, -0.2) is 23.9 Å². The fraction of sp³-hybridized carbons (Fsp3) is 0.500. The minimum absolute atomic E-state index is 0. The Kier molecular flexibility index (Phi) is 4.87. The average molecular weight is 337 g/mol. The lowest BCUT2D eigenvalue weighted by atomic mass is 9.95. The Morgan fingerprint density at radius 2 is 2.09 bits per heavy atom. The third-order valence-corrected chi connectivity index (χ3v) is 3.62. The van der Waals surface area contributed by atoms with E-state index in [4.69, 9.17) is 4.42 Å². The van der Waals surface area contributed by atoms with Gasteiger partial charge in [0.15, 0.2) is 11.5 Å². The van der Waals surface area contributed by atoms with E-state index in [2.05, 4.69) is 22.0 Å². The number of nitrogens with one attached hydrogen (secondary N) is 1. The van der Waals surface area contributed by atoms with E-state index in [1.165, 1.54) is 18.2 Å². The van der Waals surface area contributed by atoms with Gasteiger partial charge in [-0.05, 0) is 31.9 Å². The van der Waals surface area contributed by atoms with E-state index >= 15 is 0 Å². The summed E-state index contributed by atoms with van der Waals surface area (Å²) < 4.78 is 46.1. The van der Waals surface area contributed by atoms with E-state index in [1.54, 1.807) is 0 Å². The molecule has 1 aromatic heterocycles. The molecule has 0 unspecified atom stereocenters. The van der Waals surface area contributed by atoms with E-state index < -0.39 is 6.36 Å². The summed E-state index contributed by atoms with van der Waals surface area (Å²) in [4.78, 5) is 4.30. The summed E-state index contributed by atoms with van der Waals surface area (Å²) in [6, 6.07) is 4.39. The van der Waals surface area contributed by atoms with Crippen LogP contribution in [0.5, 0.6) is 5.75 Å². The van der Waals surface area contributed by atoms with Crippen molar-refractivity contribution in [3.63, 3.8) is 0 Å². The summed E-state index contributed by atoms with van der Waals surface area (Å²) in [6.45, 7) is 2.88. The van der Waals surface area contributed by atoms with Crippen LogP contribution < -0.4 is 10.1 Å². The Morgan fingerprint density at radius 3 is 2.73 bits per heavy atom. The molecule has 3 rings (SSSR count). The molecule has 0 saturated carbocycles. The molecule has 2 atom stereocenters. The number of ether oxygens (including phenoxy) is 1. The molecule has 8 heteroatoms. The van der Waals surface area contributed by atoms with Crippen molar-refractivity contribution < 1.29 is 22.3 Å². The highest BCUT2D eigenvalue weighted by Gasteiger charge is 2.31. The number of halogens is 4. The molecule has 1 aliphatic heterocycles. The van der Waals surface area contributed by atoms with E-state index in [0.29, 0.717) is 23.0 Å². The molecule has 2 heterocycles. The number of aromatic nitrogens is 1. The maximum atomic E-state index is 12.2. The van der Waals surface area contributed by atoms with Gasteiger partial charge in [0, 0.05) is 24.6 Å². The highest BCUT2D eigenvalue weighted by atomic mass is 35.5. The molecule has 1 N–H and O–H groups in total. The van der Waals surface area contributed by atoms with Crippen LogP contribution in [0.3, 0.4) is 0 Å². The van der Waals surface area contributed by atoms with E-state index in [1.807, 2.05) is 0 Å². The Morgan fingerprint density at radius 1 is 1.32 bits per heavy atom. The third kappa shape index (κ3) is 3.84. The summed E-state index contributed by atoms with van der Waals surface area (Å²) >= 11 is 0. The van der Waals surface area contributed by atoms with E-state index in [-0.39, 0.29) is 24.1 Å². The average Bonchev–Trinajstić information content (AvgIpc) is 2.80. The van der Waals surface area contributed by atoms with Gasteiger partial charge in [0.25, 0.3) is 0 Å². The van der Waals surface area contributed by atoms with E-state index in [0.717, 1.165) is 19.4 Å². The maximum absolute atomic E-state index is 12.2. The lowest BCUT2D eigenvalue weighted by molar-refractivity contribution is -0.274. The fourth-order valence-electron chi connectivity index (χ4n) is 2.51. The summed E-state index contributed by atoms with van der Waals surface area (Å²) in [5.74, 6) is 0.430. The summed E-state index contributed by atoms with van der Waals surface area (Å²) in [5.41, 5.74) is 0.850. The molecule has 0 radical (unpaired) electrons. The van der Waals surface area contributed by atoms with Crippen molar-refractivity contribution in [2.75, 3.05) is 6.54 Å². The van der Waals surface area contributed by atoms with Crippen LogP contribution in [-0.2, 0) is 0 Å². The van der Waals surface area contributed by atoms with Crippen molar-refractivity contribution >= 4 is 23.5 Å². The summed E-state index contributed by atoms with van der Waals surface area (Å²) in [6.07, 6.45) is -2.73. The molecule has 4 nitrogen and oxygen atoms in total. The van der Waals surface area contributed by atoms with Crippen LogP contribution in [0.2, 0.25) is 0 Å². The maximum Gasteiger partial charge on any atom is 0.573 e. The van der Waals surface area contributed by atoms with Crippen molar-refractivity contribution in [2.45, 2.75) is 38.1 Å². The van der Waals surface area contributed by atoms with Crippen molar-refractivity contribution in [1.82, 2.24) is 10.3 Å². The summed E-state index contributed by atoms with van der Waals surface area (Å²) in [7, 11) is 0. The van der Waals surface area contributed by atoms with Gasteiger partial charge in [-0.2, -0.15) is 0 Å². The molecular weight excluding hydrogens is 321 g/mol. The van der Waals surface area contributed by atoms with Crippen molar-refractivity contribution in [1.29, 1.82) is 0 Å². The Bertz CT molecular complexity index is 637. The second kappa shape index (κ2) is 6.34. The van der Waals surface area contributed by atoms with Crippen LogP contribution in [0.1, 0.15) is 31.6 Å². The molecule has 0 bridgehead atoms. The highest BCUT2D eigenvalue weighted by Crippen LogP contribution is 2.30. The molecule has 1 fully saturated rings. The SMILES string of the molecule is C[C@@H]1CC[C@@H](c2nc3cc(OC(F)(F)F)ccc3o2)CN1.Cl. The molecule has 1 saturated heterocycles. The minimum Gasteiger partial charge on any atom is -0.440 e. The number of hydrogen-bond donors (Lipinski definition) is 1. The fourth-order valence-corrected chi connectivity index (χ4v) is 2.51. The van der Waals surface area contributed by atoms with Crippen molar-refractivity contribution in [3.8, 4) is 5.75 Å². The topological polar surface area (TPSA) is 47.3 Å². The zero-order chi connectivity index (χ0) is 15.0. The second-order valence-corrected chi connectivity index (χ2v) is 5.31. The van der Waals surface area contributed by atoms with Gasteiger partial charge in [-0.25, -0.2) is 4.98 Å². The molecule has 0 aliphatic carbocycles. The molecule has 0 amide bonds. The number of fused-ring (bicyclic) bond motifs is 1. The second-order valence-electron chi connectivity index (χ2n) is 5.31. The van der Waals surface area contributed by atoms with Gasteiger partial charge in [-0.15, -0.1) is 25.6 Å². The number of oxazole rings is 1. The van der Waals surface area contributed by atoms with Crippen LogP contribution in [0.25, 0.3) is 11.1 Å². The molecule has 1 aliphatic rings. The molecular formula is C14H16ClF3N2O2. The van der Waals surface area contributed by atoms with Gasteiger partial charge in [0.2, 0.25) is 0 Å². The number of rotatable bonds is 2. The van der Waals surface area contributed by atoms with Crippen LogP contribution >= 0.6 is 12.4 Å². The first-order valence-electron chi connectivity index (χ1n) is 6.80. The minimum atomic E-state index is -4.70. The number of alkyl halides is 3. The Labute approximate surface area is 131 Å². The van der Waals surface area contributed by atoms with Crippen LogP contribution in [0.4, 0.5) is 13.2 Å². The van der Waals surface area contributed by atoms with Gasteiger partial charge >= 0.3 is 6.36 Å². The standard InChI is InChI=1S/C14H15F3N2O2.ClH/c1-8-2-3-9(7-18-8)13-19-11-6-10(21-14(15,16)17)4-5-12(11)20-13;/h4-6,8-9,18H,2-3,7H2,1H3;1H/t8-,9-;/m1./s1. The zero-order valence-electron chi connectivity index (χ0n) is 11.8. The van der Waals surface area contributed by atoms with Gasteiger partial charge in [0.1, 0.15) is 11.3 Å². The normalized spacial score (nSPS) is 22.4. The molecule has 1 aromatic carbocycles. The van der Waals surface area contributed by atoms with Crippen molar-refractivity contribution in [3.05, 3.63) is 24.1 Å². The molecule has 2 aromatic rings. The first kappa shape index (κ1) is 16.9. The molecule has 0 spiro atoms. The van der Waals surface area contributed by atoms with E-state index in [9.17, 15) is 13.2 Å². The lowest BCUT2D eigenvalue weighted by Crippen LogP contribution is -2.35. The quantitative estimate of drug-likeness (QED) is 0.900. The Hall–Kier alpha value is -1.47. The predicted molar refractivity (Wildman–Crippen MR) is 77.4 cm³/mol. The monoisotopic (exact) mass is 336 g/mol. The number of nitrogens with zero attached hydrogens (tertiary/aromatic N) is 1. The van der Waals surface area contributed by atoms with Crippen LogP contribution in [0, 0.1) is 0 Å². The lowest BCUT2D eigenvalue weighted by Gasteiger charge is -2.25. The smallest absolute Gasteiger partial charge is 0.440 e. The number of hydrogen-bond acceptors (Lipinski definition) is 4. The van der Waals surface area contributed by atoms with Gasteiger partial charge < -0.3 is 14.5 Å². The predicted octanol–water partition coefficient (Wildman–Crippen LogP) is 4.00. The van der Waals surface area contributed by atoms with Gasteiger partial charge in [0.05, 0.1) is 0 Å². The first-order chi connectivity index (χ1) is 9.90. The highest BCUT2D eigenvalue weighted by molar-refractivity contribution is 5.85. The van der Waals surface area contributed by atoms with Gasteiger partial charge in [-0.3, -0.25) is 0 Å². The first-order valence-corrected chi connectivity index (χ1v) is 6.80.